The van der Waals surface area contributed by atoms with Crippen molar-refractivity contribution < 1.29 is 13.9 Å². The molecule has 1 aromatic heterocycles. The van der Waals surface area contributed by atoms with Crippen LogP contribution in [0, 0.1) is 5.92 Å². The standard InChI is InChI=1S/C16H23NO3/c1-2-12(1)11-20-15-4-3-14-16(15)19-8-6-17(14)9-13-5-7-18-10-13/h5,7,10,12,14-16H,1-4,6,8-9,11H2/t14-,15-,16+/m0/s1. The summed E-state index contributed by atoms with van der Waals surface area (Å²) < 4.78 is 17.3. The maximum atomic E-state index is 6.11. The van der Waals surface area contributed by atoms with Crippen LogP contribution in [0.2, 0.25) is 0 Å². The molecule has 2 heterocycles. The van der Waals surface area contributed by atoms with E-state index in [-0.39, 0.29) is 6.10 Å². The molecular weight excluding hydrogens is 254 g/mol. The Bertz CT molecular complexity index is 429. The zero-order valence-electron chi connectivity index (χ0n) is 11.9. The fourth-order valence-electron chi connectivity index (χ4n) is 3.53. The zero-order chi connectivity index (χ0) is 13.4. The number of hydrogen-bond acceptors (Lipinski definition) is 4. The molecule has 2 aliphatic carbocycles. The van der Waals surface area contributed by atoms with Crippen LogP contribution in [0.1, 0.15) is 31.2 Å². The highest BCUT2D eigenvalue weighted by Gasteiger charge is 2.43. The van der Waals surface area contributed by atoms with Crippen molar-refractivity contribution in [2.45, 2.75) is 50.5 Å². The molecular formula is C16H23NO3. The second-order valence-corrected chi connectivity index (χ2v) is 6.40. The molecule has 0 bridgehead atoms. The molecule has 3 atom stereocenters. The normalized spacial score (nSPS) is 34.3. The quantitative estimate of drug-likeness (QED) is 0.828. The molecule has 0 amide bonds. The van der Waals surface area contributed by atoms with Crippen LogP contribution in [-0.4, -0.2) is 42.9 Å². The molecule has 1 aliphatic heterocycles. The average Bonchev–Trinajstić information content (AvgIpc) is 2.98. The Morgan fingerprint density at radius 1 is 1.25 bits per heavy atom. The first kappa shape index (κ1) is 12.9. The molecule has 2 saturated carbocycles. The predicted octanol–water partition coefficient (Wildman–Crippen LogP) is 2.44. The maximum Gasteiger partial charge on any atom is 0.0992 e. The van der Waals surface area contributed by atoms with Crippen LogP contribution in [0.15, 0.2) is 23.0 Å². The first-order valence-corrected chi connectivity index (χ1v) is 7.88. The summed E-state index contributed by atoms with van der Waals surface area (Å²) in [5.41, 5.74) is 1.26. The lowest BCUT2D eigenvalue weighted by molar-refractivity contribution is -0.116. The highest BCUT2D eigenvalue weighted by molar-refractivity contribution is 5.07. The van der Waals surface area contributed by atoms with Crippen LogP contribution in [0.5, 0.6) is 0 Å². The second-order valence-electron chi connectivity index (χ2n) is 6.40. The number of fused-ring (bicyclic) bond motifs is 1. The number of hydrogen-bond donors (Lipinski definition) is 0. The molecule has 4 heteroatoms. The molecule has 0 unspecified atom stereocenters. The molecule has 0 N–H and O–H groups in total. The van der Waals surface area contributed by atoms with Crippen molar-refractivity contribution in [1.82, 2.24) is 4.90 Å². The van der Waals surface area contributed by atoms with Gasteiger partial charge in [0.15, 0.2) is 0 Å². The summed E-state index contributed by atoms with van der Waals surface area (Å²) in [4.78, 5) is 2.54. The Morgan fingerprint density at radius 3 is 3.00 bits per heavy atom. The van der Waals surface area contributed by atoms with Gasteiger partial charge in [0, 0.05) is 31.3 Å². The van der Waals surface area contributed by atoms with Crippen molar-refractivity contribution in [3.8, 4) is 0 Å². The van der Waals surface area contributed by atoms with Gasteiger partial charge in [-0.15, -0.1) is 0 Å². The predicted molar refractivity (Wildman–Crippen MR) is 74.3 cm³/mol. The van der Waals surface area contributed by atoms with Gasteiger partial charge in [-0.3, -0.25) is 4.90 Å². The van der Waals surface area contributed by atoms with Gasteiger partial charge in [-0.05, 0) is 37.7 Å². The van der Waals surface area contributed by atoms with E-state index in [9.17, 15) is 0 Å². The van der Waals surface area contributed by atoms with E-state index in [1.807, 2.05) is 6.26 Å². The second kappa shape index (κ2) is 5.51. The highest BCUT2D eigenvalue weighted by atomic mass is 16.5. The first-order chi connectivity index (χ1) is 9.90. The van der Waals surface area contributed by atoms with E-state index in [2.05, 4.69) is 11.0 Å². The van der Waals surface area contributed by atoms with Crippen molar-refractivity contribution >= 4 is 0 Å². The zero-order valence-corrected chi connectivity index (χ0v) is 11.9. The SMILES string of the molecule is c1cc(CN2CCO[C@H]3[C@@H](OCC4CC4)CC[C@@H]32)co1. The number of morpholine rings is 1. The lowest BCUT2D eigenvalue weighted by atomic mass is 10.1. The van der Waals surface area contributed by atoms with Gasteiger partial charge in [-0.1, -0.05) is 0 Å². The summed E-state index contributed by atoms with van der Waals surface area (Å²) in [5, 5.41) is 0. The smallest absolute Gasteiger partial charge is 0.0992 e. The molecule has 1 saturated heterocycles. The summed E-state index contributed by atoms with van der Waals surface area (Å²) in [7, 11) is 0. The van der Waals surface area contributed by atoms with E-state index in [1.165, 1.54) is 24.8 Å². The Balaban J connectivity index is 1.37. The molecule has 0 aromatic carbocycles. The molecule has 1 aromatic rings. The van der Waals surface area contributed by atoms with E-state index < -0.39 is 0 Å². The van der Waals surface area contributed by atoms with E-state index in [4.69, 9.17) is 13.9 Å². The Kier molecular flexibility index (Phi) is 3.54. The van der Waals surface area contributed by atoms with E-state index >= 15 is 0 Å². The summed E-state index contributed by atoms with van der Waals surface area (Å²) in [6.07, 6.45) is 9.23. The third-order valence-electron chi connectivity index (χ3n) is 4.86. The van der Waals surface area contributed by atoms with Crippen molar-refractivity contribution in [3.63, 3.8) is 0 Å². The number of ether oxygens (including phenoxy) is 2. The molecule has 0 radical (unpaired) electrons. The summed E-state index contributed by atoms with van der Waals surface area (Å²) in [5.74, 6) is 0.833. The minimum absolute atomic E-state index is 0.273. The van der Waals surface area contributed by atoms with E-state index in [1.54, 1.807) is 6.26 Å². The van der Waals surface area contributed by atoms with Crippen LogP contribution < -0.4 is 0 Å². The molecule has 110 valence electrons. The van der Waals surface area contributed by atoms with Gasteiger partial charge in [0.25, 0.3) is 0 Å². The minimum atomic E-state index is 0.273. The Hall–Kier alpha value is -0.840. The topological polar surface area (TPSA) is 34.8 Å². The number of rotatable bonds is 5. The van der Waals surface area contributed by atoms with Gasteiger partial charge < -0.3 is 13.9 Å². The fourth-order valence-corrected chi connectivity index (χ4v) is 3.53. The third-order valence-corrected chi connectivity index (χ3v) is 4.86. The Morgan fingerprint density at radius 2 is 2.20 bits per heavy atom. The fraction of sp³-hybridized carbons (Fsp3) is 0.750. The average molecular weight is 277 g/mol. The van der Waals surface area contributed by atoms with Crippen molar-refractivity contribution in [2.75, 3.05) is 19.8 Å². The molecule has 3 aliphatic rings. The summed E-state index contributed by atoms with van der Waals surface area (Å²) in [6.45, 7) is 3.75. The van der Waals surface area contributed by atoms with Gasteiger partial charge in [-0.2, -0.15) is 0 Å². The van der Waals surface area contributed by atoms with Gasteiger partial charge in [0.05, 0.1) is 31.3 Å². The molecule has 3 fully saturated rings. The summed E-state index contributed by atoms with van der Waals surface area (Å²) in [6, 6.07) is 2.57. The Labute approximate surface area is 120 Å². The van der Waals surface area contributed by atoms with Gasteiger partial charge in [0.2, 0.25) is 0 Å². The van der Waals surface area contributed by atoms with Crippen LogP contribution in [0.3, 0.4) is 0 Å². The lowest BCUT2D eigenvalue weighted by Crippen LogP contribution is -2.51. The van der Waals surface area contributed by atoms with Crippen molar-refractivity contribution in [3.05, 3.63) is 24.2 Å². The van der Waals surface area contributed by atoms with Gasteiger partial charge in [-0.25, -0.2) is 0 Å². The molecule has 0 spiro atoms. The monoisotopic (exact) mass is 277 g/mol. The largest absolute Gasteiger partial charge is 0.472 e. The number of nitrogens with zero attached hydrogens (tertiary/aromatic N) is 1. The van der Waals surface area contributed by atoms with Crippen LogP contribution in [-0.2, 0) is 16.0 Å². The minimum Gasteiger partial charge on any atom is -0.472 e. The first-order valence-electron chi connectivity index (χ1n) is 7.88. The highest BCUT2D eigenvalue weighted by Crippen LogP contribution is 2.35. The van der Waals surface area contributed by atoms with E-state index in [0.29, 0.717) is 12.1 Å². The molecule has 4 rings (SSSR count). The van der Waals surface area contributed by atoms with Gasteiger partial charge >= 0.3 is 0 Å². The van der Waals surface area contributed by atoms with Crippen molar-refractivity contribution in [1.29, 1.82) is 0 Å². The van der Waals surface area contributed by atoms with Crippen LogP contribution >= 0.6 is 0 Å². The lowest BCUT2D eigenvalue weighted by Gasteiger charge is -2.38. The molecule has 4 nitrogen and oxygen atoms in total. The number of furan rings is 1. The van der Waals surface area contributed by atoms with Gasteiger partial charge in [0.1, 0.15) is 0 Å². The molecule has 20 heavy (non-hydrogen) atoms. The summed E-state index contributed by atoms with van der Waals surface area (Å²) >= 11 is 0. The van der Waals surface area contributed by atoms with E-state index in [0.717, 1.165) is 38.6 Å². The maximum absolute atomic E-state index is 6.11. The third kappa shape index (κ3) is 2.65. The van der Waals surface area contributed by atoms with Crippen molar-refractivity contribution in [2.24, 2.45) is 5.92 Å². The van der Waals surface area contributed by atoms with Crippen LogP contribution in [0.4, 0.5) is 0 Å². The van der Waals surface area contributed by atoms with Crippen LogP contribution in [0.25, 0.3) is 0 Å².